The monoisotopic (exact) mass is 335 g/mol. The van der Waals surface area contributed by atoms with E-state index in [1.54, 1.807) is 7.05 Å². The lowest BCUT2D eigenvalue weighted by atomic mass is 10.1. The number of carbonyl (C=O) groups excluding carboxylic acids is 1. The molecule has 2 N–H and O–H groups in total. The largest absolute Gasteiger partial charge is 0.383 e. The average molecular weight is 335 g/mol. The zero-order valence-electron chi connectivity index (χ0n) is 13.0. The van der Waals surface area contributed by atoms with E-state index in [1.165, 1.54) is 29.5 Å². The molecule has 9 heteroatoms. The molecule has 23 heavy (non-hydrogen) atoms. The van der Waals surface area contributed by atoms with Crippen molar-refractivity contribution in [1.82, 2.24) is 10.2 Å². The number of nitro benzene ring substituents is 1. The van der Waals surface area contributed by atoms with Crippen LogP contribution in [0.3, 0.4) is 0 Å². The maximum Gasteiger partial charge on any atom is 0.293 e. The molecule has 0 saturated carbocycles. The van der Waals surface area contributed by atoms with Gasteiger partial charge < -0.3 is 5.32 Å². The van der Waals surface area contributed by atoms with Gasteiger partial charge in [0.05, 0.1) is 4.92 Å². The topological polar surface area (TPSA) is 110 Å². The van der Waals surface area contributed by atoms with E-state index in [0.29, 0.717) is 16.7 Å². The standard InChI is InChI=1S/C14H17N5O3S/c1-8(2)6-12-17-18-14(23-12)16-13(20)9-4-5-10(15-3)11(7-9)19(21)22/h4-5,7-8,15H,6H2,1-3H3,(H,16,18,20). The molecule has 122 valence electrons. The fourth-order valence-electron chi connectivity index (χ4n) is 1.94. The van der Waals surface area contributed by atoms with Gasteiger partial charge in [0.15, 0.2) is 0 Å². The molecule has 1 heterocycles. The molecule has 0 atom stereocenters. The summed E-state index contributed by atoms with van der Waals surface area (Å²) in [5.41, 5.74) is 0.385. The number of carbonyl (C=O) groups is 1. The number of hydrogen-bond acceptors (Lipinski definition) is 7. The van der Waals surface area contributed by atoms with Crippen LogP contribution in [0.15, 0.2) is 18.2 Å². The second kappa shape index (κ2) is 7.14. The number of amides is 1. The summed E-state index contributed by atoms with van der Waals surface area (Å²) in [6, 6.07) is 4.25. The van der Waals surface area contributed by atoms with Crippen molar-refractivity contribution in [3.8, 4) is 0 Å². The Morgan fingerprint density at radius 3 is 2.74 bits per heavy atom. The van der Waals surface area contributed by atoms with Gasteiger partial charge in [-0.05, 0) is 18.1 Å². The minimum atomic E-state index is -0.533. The van der Waals surface area contributed by atoms with Gasteiger partial charge in [-0.25, -0.2) is 0 Å². The maximum absolute atomic E-state index is 12.2. The first kappa shape index (κ1) is 16.8. The van der Waals surface area contributed by atoms with E-state index in [9.17, 15) is 14.9 Å². The van der Waals surface area contributed by atoms with Crippen molar-refractivity contribution in [2.75, 3.05) is 17.7 Å². The van der Waals surface area contributed by atoms with E-state index < -0.39 is 10.8 Å². The van der Waals surface area contributed by atoms with Crippen LogP contribution in [0.2, 0.25) is 0 Å². The zero-order chi connectivity index (χ0) is 17.0. The average Bonchev–Trinajstić information content (AvgIpc) is 2.92. The van der Waals surface area contributed by atoms with Crippen LogP contribution in [-0.2, 0) is 6.42 Å². The number of nitrogens with zero attached hydrogens (tertiary/aromatic N) is 3. The first-order chi connectivity index (χ1) is 10.9. The molecular formula is C14H17N5O3S. The second-order valence-electron chi connectivity index (χ2n) is 5.29. The van der Waals surface area contributed by atoms with Crippen molar-refractivity contribution in [3.05, 3.63) is 38.9 Å². The van der Waals surface area contributed by atoms with Gasteiger partial charge in [-0.3, -0.25) is 20.2 Å². The van der Waals surface area contributed by atoms with Gasteiger partial charge in [-0.15, -0.1) is 10.2 Å². The molecule has 2 aromatic rings. The molecule has 0 aliphatic rings. The summed E-state index contributed by atoms with van der Waals surface area (Å²) >= 11 is 1.30. The summed E-state index contributed by atoms with van der Waals surface area (Å²) < 4.78 is 0. The molecule has 0 fully saturated rings. The summed E-state index contributed by atoms with van der Waals surface area (Å²) in [5.74, 6) is -0.00811. The van der Waals surface area contributed by atoms with Gasteiger partial charge in [0.1, 0.15) is 10.7 Å². The Labute approximate surface area is 137 Å². The minimum Gasteiger partial charge on any atom is -0.383 e. The van der Waals surface area contributed by atoms with Gasteiger partial charge in [0.25, 0.3) is 11.6 Å². The molecular weight excluding hydrogens is 318 g/mol. The molecule has 0 radical (unpaired) electrons. The van der Waals surface area contributed by atoms with E-state index in [2.05, 4.69) is 34.7 Å². The quantitative estimate of drug-likeness (QED) is 0.620. The van der Waals surface area contributed by atoms with Crippen molar-refractivity contribution in [1.29, 1.82) is 0 Å². The van der Waals surface area contributed by atoms with E-state index in [4.69, 9.17) is 0 Å². The van der Waals surface area contributed by atoms with Crippen LogP contribution in [0.5, 0.6) is 0 Å². The molecule has 1 aromatic heterocycles. The summed E-state index contributed by atoms with van der Waals surface area (Å²) in [7, 11) is 1.58. The van der Waals surface area contributed by atoms with Crippen molar-refractivity contribution >= 4 is 33.8 Å². The van der Waals surface area contributed by atoms with Crippen LogP contribution in [0.4, 0.5) is 16.5 Å². The number of nitrogens with one attached hydrogen (secondary N) is 2. The predicted octanol–water partition coefficient (Wildman–Crippen LogP) is 2.94. The third kappa shape index (κ3) is 4.22. The maximum atomic E-state index is 12.2. The molecule has 2 rings (SSSR count). The van der Waals surface area contributed by atoms with Crippen LogP contribution in [0.1, 0.15) is 29.2 Å². The molecule has 0 aliphatic carbocycles. The Hall–Kier alpha value is -2.55. The van der Waals surface area contributed by atoms with Gasteiger partial charge in [0.2, 0.25) is 5.13 Å². The summed E-state index contributed by atoms with van der Waals surface area (Å²) in [6.07, 6.45) is 0.788. The lowest BCUT2D eigenvalue weighted by molar-refractivity contribution is -0.384. The fourth-order valence-corrected chi connectivity index (χ4v) is 2.89. The van der Waals surface area contributed by atoms with Gasteiger partial charge in [-0.1, -0.05) is 25.2 Å². The SMILES string of the molecule is CNc1ccc(C(=O)Nc2nnc(CC(C)C)s2)cc1[N+](=O)[O-]. The third-order valence-electron chi connectivity index (χ3n) is 3.00. The highest BCUT2D eigenvalue weighted by atomic mass is 32.1. The van der Waals surface area contributed by atoms with E-state index in [-0.39, 0.29) is 11.3 Å². The minimum absolute atomic E-state index is 0.155. The van der Waals surface area contributed by atoms with Crippen molar-refractivity contribution in [3.63, 3.8) is 0 Å². The molecule has 0 spiro atoms. The van der Waals surface area contributed by atoms with Gasteiger partial charge >= 0.3 is 0 Å². The van der Waals surface area contributed by atoms with E-state index in [0.717, 1.165) is 11.4 Å². The van der Waals surface area contributed by atoms with Crippen molar-refractivity contribution in [2.24, 2.45) is 5.92 Å². The lowest BCUT2D eigenvalue weighted by Gasteiger charge is -2.05. The molecule has 0 bridgehead atoms. The van der Waals surface area contributed by atoms with Crippen molar-refractivity contribution < 1.29 is 9.72 Å². The third-order valence-corrected chi connectivity index (χ3v) is 3.86. The van der Waals surface area contributed by atoms with E-state index in [1.807, 2.05) is 0 Å². The predicted molar refractivity (Wildman–Crippen MR) is 89.0 cm³/mol. The fraction of sp³-hybridized carbons (Fsp3) is 0.357. The smallest absolute Gasteiger partial charge is 0.293 e. The highest BCUT2D eigenvalue weighted by Gasteiger charge is 2.18. The van der Waals surface area contributed by atoms with Gasteiger partial charge in [0, 0.05) is 25.1 Å². The Kier molecular flexibility index (Phi) is 5.22. The highest BCUT2D eigenvalue weighted by molar-refractivity contribution is 7.15. The van der Waals surface area contributed by atoms with Crippen LogP contribution < -0.4 is 10.6 Å². The number of aromatic nitrogens is 2. The molecule has 0 aliphatic heterocycles. The number of hydrogen-bond donors (Lipinski definition) is 2. The highest BCUT2D eigenvalue weighted by Crippen LogP contribution is 2.26. The Balaban J connectivity index is 2.16. The van der Waals surface area contributed by atoms with E-state index >= 15 is 0 Å². The number of nitro groups is 1. The van der Waals surface area contributed by atoms with Crippen LogP contribution >= 0.6 is 11.3 Å². The molecule has 0 unspecified atom stereocenters. The molecule has 8 nitrogen and oxygen atoms in total. The number of anilines is 2. The first-order valence-corrected chi connectivity index (χ1v) is 7.82. The summed E-state index contributed by atoms with van der Waals surface area (Å²) in [5, 5.41) is 25.5. The second-order valence-corrected chi connectivity index (χ2v) is 6.35. The van der Waals surface area contributed by atoms with Crippen LogP contribution in [0.25, 0.3) is 0 Å². The summed E-state index contributed by atoms with van der Waals surface area (Å²) in [4.78, 5) is 22.7. The molecule has 1 amide bonds. The molecule has 0 saturated heterocycles. The normalized spacial score (nSPS) is 10.6. The number of benzene rings is 1. The zero-order valence-corrected chi connectivity index (χ0v) is 13.8. The Bertz CT molecular complexity index is 729. The van der Waals surface area contributed by atoms with Crippen LogP contribution in [0, 0.1) is 16.0 Å². The van der Waals surface area contributed by atoms with Crippen molar-refractivity contribution in [2.45, 2.75) is 20.3 Å². The Morgan fingerprint density at radius 2 is 2.13 bits per heavy atom. The Morgan fingerprint density at radius 1 is 1.39 bits per heavy atom. The van der Waals surface area contributed by atoms with Gasteiger partial charge in [-0.2, -0.15) is 0 Å². The molecule has 1 aromatic carbocycles. The lowest BCUT2D eigenvalue weighted by Crippen LogP contribution is -2.12. The summed E-state index contributed by atoms with van der Waals surface area (Å²) in [6.45, 7) is 4.14. The van der Waals surface area contributed by atoms with Crippen LogP contribution in [-0.4, -0.2) is 28.1 Å². The first-order valence-electron chi connectivity index (χ1n) is 7.00. The number of rotatable bonds is 6.